The van der Waals surface area contributed by atoms with Crippen molar-refractivity contribution in [3.05, 3.63) is 29.6 Å². The third kappa shape index (κ3) is 3.72. The molecule has 5 nitrogen and oxygen atoms in total. The Morgan fingerprint density at radius 2 is 2.00 bits per heavy atom. The largest absolute Gasteiger partial charge is 0.387 e. The Bertz CT molecular complexity index is 616. The van der Waals surface area contributed by atoms with Crippen molar-refractivity contribution in [3.8, 4) is 0 Å². The third-order valence-electron chi connectivity index (χ3n) is 4.94. The number of rotatable bonds is 3. The van der Waals surface area contributed by atoms with E-state index in [1.165, 1.54) is 0 Å². The molecule has 3 rings (SSSR count). The average Bonchev–Trinajstić information content (AvgIpc) is 2.92. The molecule has 1 N–H and O–H groups in total. The molecule has 0 spiro atoms. The number of alkyl halides is 2. The van der Waals surface area contributed by atoms with Gasteiger partial charge in [-0.15, -0.1) is 0 Å². The van der Waals surface area contributed by atoms with E-state index in [1.807, 2.05) is 17.9 Å². The van der Waals surface area contributed by atoms with Gasteiger partial charge in [0.15, 0.2) is 0 Å². The van der Waals surface area contributed by atoms with Crippen LogP contribution in [0.25, 0.3) is 0 Å². The SMILES string of the molecule is Cc1cccnc1C(=O)N1CCC(O)(CN2CCC(F)(F)CC2)C1. The van der Waals surface area contributed by atoms with Crippen molar-refractivity contribution in [3.63, 3.8) is 0 Å². The quantitative estimate of drug-likeness (QED) is 0.911. The first kappa shape index (κ1) is 17.2. The smallest absolute Gasteiger partial charge is 0.272 e. The van der Waals surface area contributed by atoms with Crippen molar-refractivity contribution in [1.29, 1.82) is 0 Å². The van der Waals surface area contributed by atoms with Gasteiger partial charge >= 0.3 is 0 Å². The number of nitrogens with zero attached hydrogens (tertiary/aromatic N) is 3. The van der Waals surface area contributed by atoms with Crippen LogP contribution in [-0.4, -0.2) is 70.0 Å². The third-order valence-corrected chi connectivity index (χ3v) is 4.94. The number of hydrogen-bond donors (Lipinski definition) is 1. The molecule has 0 saturated carbocycles. The van der Waals surface area contributed by atoms with E-state index in [2.05, 4.69) is 4.98 Å². The highest BCUT2D eigenvalue weighted by atomic mass is 19.3. The molecule has 0 radical (unpaired) electrons. The summed E-state index contributed by atoms with van der Waals surface area (Å²) in [4.78, 5) is 20.2. The molecular weight excluding hydrogens is 316 g/mol. The zero-order valence-electron chi connectivity index (χ0n) is 13.8. The first-order valence-corrected chi connectivity index (χ1v) is 8.32. The summed E-state index contributed by atoms with van der Waals surface area (Å²) in [6, 6.07) is 3.61. The summed E-state index contributed by atoms with van der Waals surface area (Å²) in [5.41, 5.74) is 0.167. The molecular formula is C17H23F2N3O2. The van der Waals surface area contributed by atoms with Crippen LogP contribution in [0.2, 0.25) is 0 Å². The molecule has 2 aliphatic heterocycles. The number of β-amino-alcohol motifs (C(OH)–C–C–N with tert-alkyl or cyclic N) is 1. The Morgan fingerprint density at radius 1 is 1.29 bits per heavy atom. The van der Waals surface area contributed by atoms with Crippen LogP contribution in [0, 0.1) is 6.92 Å². The first-order chi connectivity index (χ1) is 11.3. The molecule has 7 heteroatoms. The second kappa shape index (κ2) is 6.37. The minimum atomic E-state index is -2.59. The number of aryl methyl sites for hydroxylation is 1. The van der Waals surface area contributed by atoms with Crippen LogP contribution in [-0.2, 0) is 0 Å². The molecule has 2 saturated heterocycles. The van der Waals surface area contributed by atoms with Gasteiger partial charge in [0.05, 0.1) is 12.1 Å². The fourth-order valence-electron chi connectivity index (χ4n) is 3.47. The van der Waals surface area contributed by atoms with E-state index >= 15 is 0 Å². The zero-order chi connectivity index (χ0) is 17.4. The Labute approximate surface area is 140 Å². The maximum atomic E-state index is 13.2. The number of hydrogen-bond acceptors (Lipinski definition) is 4. The lowest BCUT2D eigenvalue weighted by Crippen LogP contribution is -2.49. The van der Waals surface area contributed by atoms with Gasteiger partial charge in [-0.1, -0.05) is 6.07 Å². The highest BCUT2D eigenvalue weighted by Crippen LogP contribution is 2.30. The van der Waals surface area contributed by atoms with Crippen molar-refractivity contribution in [2.45, 2.75) is 37.7 Å². The number of amides is 1. The van der Waals surface area contributed by atoms with E-state index < -0.39 is 11.5 Å². The molecule has 132 valence electrons. The van der Waals surface area contributed by atoms with Crippen LogP contribution in [0.3, 0.4) is 0 Å². The Morgan fingerprint density at radius 3 is 2.67 bits per heavy atom. The molecule has 3 heterocycles. The minimum absolute atomic E-state index is 0.168. The molecule has 1 amide bonds. The van der Waals surface area contributed by atoms with Gasteiger partial charge in [-0.2, -0.15) is 0 Å². The van der Waals surface area contributed by atoms with E-state index in [0.29, 0.717) is 25.2 Å². The Balaban J connectivity index is 1.60. The summed E-state index contributed by atoms with van der Waals surface area (Å²) in [6.45, 7) is 3.39. The molecule has 2 aliphatic rings. The van der Waals surface area contributed by atoms with Crippen LogP contribution in [0.15, 0.2) is 18.3 Å². The van der Waals surface area contributed by atoms with E-state index in [4.69, 9.17) is 0 Å². The number of carbonyl (C=O) groups excluding carboxylic acids is 1. The molecule has 0 aliphatic carbocycles. The fourth-order valence-corrected chi connectivity index (χ4v) is 3.47. The summed E-state index contributed by atoms with van der Waals surface area (Å²) in [5, 5.41) is 10.8. The fraction of sp³-hybridized carbons (Fsp3) is 0.647. The highest BCUT2D eigenvalue weighted by molar-refractivity contribution is 5.93. The molecule has 0 bridgehead atoms. The number of aliphatic hydroxyl groups is 1. The maximum Gasteiger partial charge on any atom is 0.272 e. The van der Waals surface area contributed by atoms with Crippen molar-refractivity contribution in [2.24, 2.45) is 0 Å². The first-order valence-electron chi connectivity index (χ1n) is 8.32. The summed E-state index contributed by atoms with van der Waals surface area (Å²) in [5.74, 6) is -2.78. The van der Waals surface area contributed by atoms with Crippen LogP contribution in [0.1, 0.15) is 35.3 Å². The van der Waals surface area contributed by atoms with Crippen LogP contribution in [0.4, 0.5) is 8.78 Å². The topological polar surface area (TPSA) is 56.7 Å². The van der Waals surface area contributed by atoms with Gasteiger partial charge in [0, 0.05) is 45.2 Å². The van der Waals surface area contributed by atoms with Crippen molar-refractivity contribution >= 4 is 5.91 Å². The van der Waals surface area contributed by atoms with Crippen LogP contribution >= 0.6 is 0 Å². The average molecular weight is 339 g/mol. The van der Waals surface area contributed by atoms with E-state index in [-0.39, 0.29) is 38.4 Å². The molecule has 1 atom stereocenters. The summed E-state index contributed by atoms with van der Waals surface area (Å²) >= 11 is 0. The number of halogens is 2. The van der Waals surface area contributed by atoms with Gasteiger partial charge in [-0.25, -0.2) is 8.78 Å². The second-order valence-corrected chi connectivity index (χ2v) is 7.00. The number of carbonyl (C=O) groups is 1. The number of pyridine rings is 1. The minimum Gasteiger partial charge on any atom is -0.387 e. The lowest BCUT2D eigenvalue weighted by Gasteiger charge is -2.36. The van der Waals surface area contributed by atoms with Crippen LogP contribution < -0.4 is 0 Å². The standard InChI is InChI=1S/C17H23F2N3O2/c1-13-3-2-7-20-14(13)15(23)22-10-4-16(24,12-22)11-21-8-5-17(18,19)6-9-21/h2-3,7,24H,4-6,8-12H2,1H3. The molecule has 0 aromatic carbocycles. The number of likely N-dealkylation sites (tertiary alicyclic amines) is 2. The predicted molar refractivity (Wildman–Crippen MR) is 85.1 cm³/mol. The van der Waals surface area contributed by atoms with Gasteiger partial charge in [0.1, 0.15) is 5.69 Å². The molecule has 1 aromatic rings. The number of aromatic nitrogens is 1. The number of piperidine rings is 1. The monoisotopic (exact) mass is 339 g/mol. The second-order valence-electron chi connectivity index (χ2n) is 7.00. The van der Waals surface area contributed by atoms with Crippen LogP contribution in [0.5, 0.6) is 0 Å². The highest BCUT2D eigenvalue weighted by Gasteiger charge is 2.42. The van der Waals surface area contributed by atoms with Crippen molar-refractivity contribution < 1.29 is 18.7 Å². The van der Waals surface area contributed by atoms with E-state index in [1.54, 1.807) is 17.2 Å². The lowest BCUT2D eigenvalue weighted by molar-refractivity contribution is -0.0720. The van der Waals surface area contributed by atoms with Gasteiger partial charge in [0.25, 0.3) is 11.8 Å². The normalized spacial score (nSPS) is 27.4. The molecule has 1 unspecified atom stereocenters. The van der Waals surface area contributed by atoms with Gasteiger partial charge in [0.2, 0.25) is 0 Å². The predicted octanol–water partition coefficient (Wildman–Crippen LogP) is 1.70. The summed E-state index contributed by atoms with van der Waals surface area (Å²) in [7, 11) is 0. The van der Waals surface area contributed by atoms with Gasteiger partial charge in [-0.3, -0.25) is 14.7 Å². The molecule has 1 aromatic heterocycles. The van der Waals surface area contributed by atoms with E-state index in [9.17, 15) is 18.7 Å². The van der Waals surface area contributed by atoms with Crippen molar-refractivity contribution in [2.75, 3.05) is 32.7 Å². The lowest BCUT2D eigenvalue weighted by atomic mass is 10.00. The molecule has 24 heavy (non-hydrogen) atoms. The van der Waals surface area contributed by atoms with Gasteiger partial charge < -0.3 is 10.0 Å². The summed E-state index contributed by atoms with van der Waals surface area (Å²) in [6.07, 6.45) is 1.70. The Kier molecular flexibility index (Phi) is 4.57. The van der Waals surface area contributed by atoms with Crippen molar-refractivity contribution in [1.82, 2.24) is 14.8 Å². The van der Waals surface area contributed by atoms with E-state index in [0.717, 1.165) is 5.56 Å². The molecule has 2 fully saturated rings. The van der Waals surface area contributed by atoms with Gasteiger partial charge in [-0.05, 0) is 25.0 Å². The Hall–Kier alpha value is -1.60. The summed E-state index contributed by atoms with van der Waals surface area (Å²) < 4.78 is 26.5. The maximum absolute atomic E-state index is 13.2. The zero-order valence-corrected chi connectivity index (χ0v) is 13.8.